The summed E-state index contributed by atoms with van der Waals surface area (Å²) in [6.45, 7) is 0.589. The molecule has 0 aliphatic heterocycles. The summed E-state index contributed by atoms with van der Waals surface area (Å²) in [4.78, 5) is 36.6. The average Bonchev–Trinajstić information content (AvgIpc) is 2.75. The Morgan fingerprint density at radius 1 is 1.26 bits per heavy atom. The number of aromatic nitrogens is 2. The number of hydrogen-bond donors (Lipinski definition) is 4. The lowest BCUT2D eigenvalue weighted by molar-refractivity contribution is 0.0600. The predicted molar refractivity (Wildman–Crippen MR) is 114 cm³/mol. The van der Waals surface area contributed by atoms with Gasteiger partial charge in [-0.1, -0.05) is 23.7 Å². The molecule has 1 amide bonds. The van der Waals surface area contributed by atoms with Gasteiger partial charge in [0, 0.05) is 19.6 Å². The van der Waals surface area contributed by atoms with Crippen molar-refractivity contribution in [3.63, 3.8) is 0 Å². The predicted octanol–water partition coefficient (Wildman–Crippen LogP) is 0.109. The van der Waals surface area contributed by atoms with Crippen molar-refractivity contribution in [1.29, 1.82) is 5.26 Å². The number of carbonyl (C=O) groups excluding carboxylic acids is 2. The number of halogens is 1. The second-order valence-corrected chi connectivity index (χ2v) is 6.43. The molecule has 7 N–H and O–H groups in total. The summed E-state index contributed by atoms with van der Waals surface area (Å²) in [5.41, 5.74) is 18.0. The number of rotatable bonds is 7. The third-order valence-electron chi connectivity index (χ3n) is 4.02. The van der Waals surface area contributed by atoms with E-state index in [-0.39, 0.29) is 48.1 Å². The Labute approximate surface area is 182 Å². The molecule has 0 aliphatic carbocycles. The molecule has 0 fully saturated rings. The number of anilines is 2. The van der Waals surface area contributed by atoms with Gasteiger partial charge in [0.25, 0.3) is 5.91 Å². The van der Waals surface area contributed by atoms with Crippen molar-refractivity contribution in [1.82, 2.24) is 20.2 Å². The monoisotopic (exact) mass is 445 g/mol. The maximum Gasteiger partial charge on any atom is 0.337 e. The van der Waals surface area contributed by atoms with Crippen LogP contribution in [0.15, 0.2) is 29.3 Å². The van der Waals surface area contributed by atoms with E-state index in [0.717, 1.165) is 5.56 Å². The molecule has 0 radical (unpaired) electrons. The number of nitrogens with zero attached hydrogens (tertiary/aromatic N) is 5. The largest absolute Gasteiger partial charge is 0.465 e. The summed E-state index contributed by atoms with van der Waals surface area (Å²) < 4.78 is 4.66. The van der Waals surface area contributed by atoms with Crippen LogP contribution in [0.3, 0.4) is 0 Å². The molecule has 13 heteroatoms. The molecule has 2 aromatic rings. The first kappa shape index (κ1) is 23.2. The van der Waals surface area contributed by atoms with Crippen LogP contribution in [0.5, 0.6) is 0 Å². The minimum atomic E-state index is -0.606. The highest BCUT2D eigenvalue weighted by molar-refractivity contribution is 6.31. The lowest BCUT2D eigenvalue weighted by Crippen LogP contribution is -2.42. The normalized spacial score (nSPS) is 10.8. The second-order valence-electron chi connectivity index (χ2n) is 6.07. The number of hydrogen-bond acceptors (Lipinski definition) is 9. The number of methoxy groups -OCH3 is 1. The molecule has 0 bridgehead atoms. The van der Waals surface area contributed by atoms with E-state index in [9.17, 15) is 9.59 Å². The van der Waals surface area contributed by atoms with Crippen molar-refractivity contribution in [3.8, 4) is 6.19 Å². The van der Waals surface area contributed by atoms with E-state index in [2.05, 4.69) is 25.0 Å². The number of nitrogens with two attached hydrogens (primary N) is 3. The molecule has 0 saturated carbocycles. The van der Waals surface area contributed by atoms with E-state index in [1.165, 1.54) is 7.11 Å². The molecule has 0 saturated heterocycles. The third-order valence-corrected chi connectivity index (χ3v) is 4.30. The van der Waals surface area contributed by atoms with Crippen molar-refractivity contribution < 1.29 is 14.3 Å². The van der Waals surface area contributed by atoms with Crippen LogP contribution < -0.4 is 22.5 Å². The molecule has 0 atom stereocenters. The molecular formula is C18H20ClN9O3. The Kier molecular flexibility index (Phi) is 7.93. The van der Waals surface area contributed by atoms with Crippen LogP contribution in [0.4, 0.5) is 11.6 Å². The van der Waals surface area contributed by atoms with E-state index < -0.39 is 11.9 Å². The number of amides is 1. The highest BCUT2D eigenvalue weighted by Crippen LogP contribution is 2.17. The zero-order valence-electron chi connectivity index (χ0n) is 16.5. The molecule has 0 unspecified atom stereocenters. The van der Waals surface area contributed by atoms with Gasteiger partial charge in [-0.15, -0.1) is 4.99 Å². The molecule has 1 aromatic heterocycles. The van der Waals surface area contributed by atoms with E-state index >= 15 is 0 Å². The van der Waals surface area contributed by atoms with Crippen molar-refractivity contribution in [2.75, 3.05) is 31.7 Å². The SMILES string of the molecule is COC(=O)c1ccc(CN(CCNC(=O)c2nc(Cl)c(N)nc2N)C(N)=NC#N)cc1. The van der Waals surface area contributed by atoms with Gasteiger partial charge >= 0.3 is 5.97 Å². The van der Waals surface area contributed by atoms with Gasteiger partial charge in [0.15, 0.2) is 22.5 Å². The first-order valence-electron chi connectivity index (χ1n) is 8.78. The number of esters is 1. The van der Waals surface area contributed by atoms with E-state index in [0.29, 0.717) is 5.56 Å². The topological polar surface area (TPSA) is 199 Å². The number of nitrogens with one attached hydrogen (secondary N) is 1. The smallest absolute Gasteiger partial charge is 0.337 e. The summed E-state index contributed by atoms with van der Waals surface area (Å²) in [7, 11) is 1.29. The quantitative estimate of drug-likeness (QED) is 0.196. The molecule has 2 rings (SSSR count). The van der Waals surface area contributed by atoms with Gasteiger partial charge in [-0.3, -0.25) is 4.79 Å². The standard InChI is InChI=1S/C18H20ClN9O3/c1-31-17(30)11-4-2-10(3-5-11)8-28(18(23)25-9-20)7-6-24-16(29)12-14(21)27-15(22)13(19)26-12/h2-5H,6-8H2,1H3,(H2,23,25)(H,24,29)(H4,21,22,27). The number of ether oxygens (including phenoxy) is 1. The van der Waals surface area contributed by atoms with Crippen LogP contribution >= 0.6 is 11.6 Å². The minimum absolute atomic E-state index is 0.0383. The zero-order chi connectivity index (χ0) is 23.0. The maximum absolute atomic E-state index is 12.3. The molecular weight excluding hydrogens is 426 g/mol. The third kappa shape index (κ3) is 6.18. The van der Waals surface area contributed by atoms with Gasteiger partial charge in [0.05, 0.1) is 12.7 Å². The summed E-state index contributed by atoms with van der Waals surface area (Å²) in [5.74, 6) is -1.34. The highest BCUT2D eigenvalue weighted by Gasteiger charge is 2.17. The van der Waals surface area contributed by atoms with Crippen LogP contribution in [0, 0.1) is 11.5 Å². The van der Waals surface area contributed by atoms with Crippen molar-refractivity contribution in [2.45, 2.75) is 6.54 Å². The average molecular weight is 446 g/mol. The first-order chi connectivity index (χ1) is 14.8. The fraction of sp³-hybridized carbons (Fsp3) is 0.222. The molecule has 1 aromatic carbocycles. The number of nitriles is 1. The number of guanidine groups is 1. The van der Waals surface area contributed by atoms with Gasteiger partial charge < -0.3 is 32.2 Å². The van der Waals surface area contributed by atoms with Crippen molar-refractivity contribution in [3.05, 3.63) is 46.2 Å². The van der Waals surface area contributed by atoms with Crippen molar-refractivity contribution >= 4 is 41.1 Å². The molecule has 0 spiro atoms. The molecule has 162 valence electrons. The van der Waals surface area contributed by atoms with Crippen LogP contribution in [-0.2, 0) is 11.3 Å². The Morgan fingerprint density at radius 2 is 1.94 bits per heavy atom. The van der Waals surface area contributed by atoms with Crippen LogP contribution in [0.25, 0.3) is 0 Å². The van der Waals surface area contributed by atoms with Gasteiger partial charge in [-0.05, 0) is 17.7 Å². The molecule has 0 aliphatic rings. The van der Waals surface area contributed by atoms with Gasteiger partial charge in [0.1, 0.15) is 0 Å². The van der Waals surface area contributed by atoms with Crippen LogP contribution in [-0.4, -0.2) is 52.9 Å². The Bertz CT molecular complexity index is 1030. The van der Waals surface area contributed by atoms with Crippen LogP contribution in [0.1, 0.15) is 26.4 Å². The summed E-state index contributed by atoms with van der Waals surface area (Å²) in [6, 6.07) is 6.63. The van der Waals surface area contributed by atoms with Crippen LogP contribution in [0.2, 0.25) is 5.15 Å². The lowest BCUT2D eigenvalue weighted by Gasteiger charge is -2.23. The van der Waals surface area contributed by atoms with Crippen molar-refractivity contribution in [2.24, 2.45) is 10.7 Å². The van der Waals surface area contributed by atoms with E-state index in [1.54, 1.807) is 35.4 Å². The van der Waals surface area contributed by atoms with Gasteiger partial charge in [0.2, 0.25) is 12.2 Å². The fourth-order valence-corrected chi connectivity index (χ4v) is 2.60. The second kappa shape index (κ2) is 10.6. The lowest BCUT2D eigenvalue weighted by atomic mass is 10.1. The Balaban J connectivity index is 2.06. The maximum atomic E-state index is 12.3. The summed E-state index contributed by atoms with van der Waals surface area (Å²) in [5, 5.41) is 11.3. The van der Waals surface area contributed by atoms with Gasteiger partial charge in [-0.25, -0.2) is 14.8 Å². The summed E-state index contributed by atoms with van der Waals surface area (Å²) >= 11 is 5.79. The number of carbonyl (C=O) groups is 2. The van der Waals surface area contributed by atoms with E-state index in [4.69, 9.17) is 34.1 Å². The Morgan fingerprint density at radius 3 is 2.55 bits per heavy atom. The van der Waals surface area contributed by atoms with E-state index in [1.807, 2.05) is 0 Å². The highest BCUT2D eigenvalue weighted by atomic mass is 35.5. The molecule has 12 nitrogen and oxygen atoms in total. The number of benzene rings is 1. The molecule has 1 heterocycles. The fourth-order valence-electron chi connectivity index (χ4n) is 2.48. The Hall–Kier alpha value is -4.11. The minimum Gasteiger partial charge on any atom is -0.465 e. The zero-order valence-corrected chi connectivity index (χ0v) is 17.3. The number of nitrogen functional groups attached to an aromatic ring is 2. The first-order valence-corrected chi connectivity index (χ1v) is 9.15. The molecule has 31 heavy (non-hydrogen) atoms. The number of aliphatic imine (C=N–C) groups is 1. The van der Waals surface area contributed by atoms with Gasteiger partial charge in [-0.2, -0.15) is 5.26 Å². The summed E-state index contributed by atoms with van der Waals surface area (Å²) in [6.07, 6.45) is 1.62.